The summed E-state index contributed by atoms with van der Waals surface area (Å²) in [6.07, 6.45) is 2.82. The van der Waals surface area contributed by atoms with Gasteiger partial charge >= 0.3 is 0 Å². The Balaban J connectivity index is 2.14. The third-order valence-corrected chi connectivity index (χ3v) is 5.87. The van der Waals surface area contributed by atoms with Gasteiger partial charge in [0.1, 0.15) is 0 Å². The summed E-state index contributed by atoms with van der Waals surface area (Å²) in [5, 5.41) is 2.89. The van der Waals surface area contributed by atoms with Crippen LogP contribution in [0.2, 0.25) is 0 Å². The Kier molecular flexibility index (Phi) is 7.36. The van der Waals surface area contributed by atoms with Gasteiger partial charge in [-0.2, -0.15) is 0 Å². The van der Waals surface area contributed by atoms with E-state index in [9.17, 15) is 13.2 Å². The third kappa shape index (κ3) is 5.68. The zero-order chi connectivity index (χ0) is 19.0. The lowest BCUT2D eigenvalue weighted by molar-refractivity contribution is 0.0935. The molecule has 140 valence electrons. The van der Waals surface area contributed by atoms with Crippen molar-refractivity contribution >= 4 is 15.7 Å². The summed E-state index contributed by atoms with van der Waals surface area (Å²) < 4.78 is 25.3. The Morgan fingerprint density at radius 3 is 2.50 bits per heavy atom. The highest BCUT2D eigenvalue weighted by molar-refractivity contribution is 7.90. The number of hydrogen-bond donors (Lipinski definition) is 2. The van der Waals surface area contributed by atoms with Crippen molar-refractivity contribution in [1.29, 1.82) is 0 Å². The molecule has 0 fully saturated rings. The number of unbranched alkanes of at least 4 members (excludes halogenated alkanes) is 1. The molecule has 0 saturated carbocycles. The van der Waals surface area contributed by atoms with Crippen LogP contribution >= 0.6 is 0 Å². The molecule has 0 aromatic heterocycles. The maximum Gasteiger partial charge on any atom is 0.251 e. The predicted molar refractivity (Wildman–Crippen MR) is 104 cm³/mol. The molecule has 0 spiro atoms. The number of rotatable bonds is 9. The first-order valence-electron chi connectivity index (χ1n) is 8.84. The fraction of sp³-hybridized carbons (Fsp3) is 0.350. The van der Waals surface area contributed by atoms with Crippen LogP contribution < -0.4 is 11.1 Å². The first-order valence-corrected chi connectivity index (χ1v) is 10.5. The van der Waals surface area contributed by atoms with Crippen molar-refractivity contribution in [3.63, 3.8) is 0 Å². The van der Waals surface area contributed by atoms with Crippen molar-refractivity contribution in [1.82, 2.24) is 5.32 Å². The van der Waals surface area contributed by atoms with E-state index < -0.39 is 9.84 Å². The predicted octanol–water partition coefficient (Wildman–Crippen LogP) is 2.91. The second-order valence-electron chi connectivity index (χ2n) is 6.32. The minimum absolute atomic E-state index is 0.0964. The number of carbonyl (C=O) groups excluding carboxylic acids is 1. The van der Waals surface area contributed by atoms with Crippen LogP contribution in [0.15, 0.2) is 59.5 Å². The first kappa shape index (κ1) is 20.1. The van der Waals surface area contributed by atoms with Crippen molar-refractivity contribution < 1.29 is 13.2 Å². The lowest BCUT2D eigenvalue weighted by Gasteiger charge is -2.16. The summed E-state index contributed by atoms with van der Waals surface area (Å²) >= 11 is 0. The third-order valence-electron chi connectivity index (χ3n) is 4.18. The average molecular weight is 375 g/mol. The van der Waals surface area contributed by atoms with Gasteiger partial charge < -0.3 is 11.1 Å². The molecule has 2 rings (SSSR count). The van der Waals surface area contributed by atoms with Crippen molar-refractivity contribution in [2.24, 2.45) is 5.73 Å². The van der Waals surface area contributed by atoms with E-state index in [1.54, 1.807) is 36.4 Å². The van der Waals surface area contributed by atoms with Crippen LogP contribution in [0.3, 0.4) is 0 Å². The summed E-state index contributed by atoms with van der Waals surface area (Å²) in [5.41, 5.74) is 6.76. The van der Waals surface area contributed by atoms with Crippen LogP contribution in [0.1, 0.15) is 42.1 Å². The highest BCUT2D eigenvalue weighted by atomic mass is 32.2. The van der Waals surface area contributed by atoms with E-state index >= 15 is 0 Å². The Morgan fingerprint density at radius 2 is 1.85 bits per heavy atom. The molecule has 5 nitrogen and oxygen atoms in total. The molecule has 26 heavy (non-hydrogen) atoms. The van der Waals surface area contributed by atoms with Gasteiger partial charge in [0.05, 0.1) is 10.6 Å². The molecule has 3 N–H and O–H groups in total. The maximum atomic E-state index is 12.6. The van der Waals surface area contributed by atoms with Crippen LogP contribution in [0.5, 0.6) is 0 Å². The summed E-state index contributed by atoms with van der Waals surface area (Å²) in [5.74, 6) is -0.394. The molecule has 2 aromatic rings. The van der Waals surface area contributed by atoms with Crippen LogP contribution in [0.4, 0.5) is 0 Å². The van der Waals surface area contributed by atoms with Crippen LogP contribution in [-0.4, -0.2) is 26.9 Å². The minimum atomic E-state index is -3.52. The van der Waals surface area contributed by atoms with E-state index in [1.165, 1.54) is 12.1 Å². The van der Waals surface area contributed by atoms with E-state index in [4.69, 9.17) is 5.73 Å². The molecular weight excluding hydrogens is 348 g/mol. The molecular formula is C20H26N2O3S. The first-order chi connectivity index (χ1) is 12.5. The maximum absolute atomic E-state index is 12.6. The largest absolute Gasteiger partial charge is 0.348 e. The fourth-order valence-electron chi connectivity index (χ4n) is 2.68. The summed E-state index contributed by atoms with van der Waals surface area (Å²) in [4.78, 5) is 12.6. The molecule has 1 atom stereocenters. The number of hydrogen-bond acceptors (Lipinski definition) is 4. The average Bonchev–Trinajstić information content (AvgIpc) is 2.65. The number of sulfone groups is 1. The number of nitrogens with two attached hydrogens (primary N) is 1. The van der Waals surface area contributed by atoms with Gasteiger partial charge in [-0.05, 0) is 30.2 Å². The van der Waals surface area contributed by atoms with Gasteiger partial charge in [-0.3, -0.25) is 4.79 Å². The van der Waals surface area contributed by atoms with Gasteiger partial charge in [-0.1, -0.05) is 56.2 Å². The SMILES string of the molecule is CCCCC(CN)NC(=O)c1cccc(S(=O)(=O)Cc2ccccc2)c1. The second kappa shape index (κ2) is 9.50. The van der Waals surface area contributed by atoms with E-state index in [2.05, 4.69) is 12.2 Å². The molecule has 0 saturated heterocycles. The molecule has 0 aliphatic heterocycles. The number of amides is 1. The Morgan fingerprint density at radius 1 is 1.12 bits per heavy atom. The lowest BCUT2D eigenvalue weighted by atomic mass is 10.1. The van der Waals surface area contributed by atoms with Gasteiger partial charge in [0, 0.05) is 18.2 Å². The molecule has 0 heterocycles. The Bertz CT molecular complexity index is 820. The van der Waals surface area contributed by atoms with Gasteiger partial charge in [0.15, 0.2) is 9.84 Å². The summed E-state index contributed by atoms with van der Waals surface area (Å²) in [6, 6.07) is 15.0. The smallest absolute Gasteiger partial charge is 0.251 e. The van der Waals surface area contributed by atoms with Gasteiger partial charge in [-0.15, -0.1) is 0 Å². The van der Waals surface area contributed by atoms with Crippen molar-refractivity contribution in [3.05, 3.63) is 65.7 Å². The normalized spacial score (nSPS) is 12.5. The number of nitrogens with one attached hydrogen (secondary N) is 1. The van der Waals surface area contributed by atoms with E-state index in [0.29, 0.717) is 17.7 Å². The number of benzene rings is 2. The zero-order valence-electron chi connectivity index (χ0n) is 15.0. The van der Waals surface area contributed by atoms with Gasteiger partial charge in [0.25, 0.3) is 5.91 Å². The molecule has 0 radical (unpaired) electrons. The van der Waals surface area contributed by atoms with Crippen molar-refractivity contribution in [2.45, 2.75) is 42.9 Å². The number of carbonyl (C=O) groups is 1. The van der Waals surface area contributed by atoms with E-state index in [1.807, 2.05) is 6.07 Å². The Hall–Kier alpha value is -2.18. The van der Waals surface area contributed by atoms with Crippen LogP contribution in [0.25, 0.3) is 0 Å². The zero-order valence-corrected chi connectivity index (χ0v) is 15.8. The van der Waals surface area contributed by atoms with Gasteiger partial charge in [-0.25, -0.2) is 8.42 Å². The molecule has 1 amide bonds. The quantitative estimate of drug-likeness (QED) is 0.706. The van der Waals surface area contributed by atoms with Crippen LogP contribution in [-0.2, 0) is 15.6 Å². The molecule has 0 aliphatic rings. The summed E-state index contributed by atoms with van der Waals surface area (Å²) in [7, 11) is -3.52. The molecule has 2 aromatic carbocycles. The van der Waals surface area contributed by atoms with Crippen LogP contribution in [0, 0.1) is 0 Å². The molecule has 1 unspecified atom stereocenters. The monoisotopic (exact) mass is 374 g/mol. The summed E-state index contributed by atoms with van der Waals surface area (Å²) in [6.45, 7) is 2.44. The highest BCUT2D eigenvalue weighted by Gasteiger charge is 2.18. The van der Waals surface area contributed by atoms with E-state index in [0.717, 1.165) is 19.3 Å². The van der Waals surface area contributed by atoms with E-state index in [-0.39, 0.29) is 22.6 Å². The highest BCUT2D eigenvalue weighted by Crippen LogP contribution is 2.18. The second-order valence-corrected chi connectivity index (χ2v) is 8.31. The standard InChI is InChI=1S/C20H26N2O3S/c1-2-3-11-18(14-21)22-20(23)17-10-7-12-19(13-17)26(24,25)15-16-8-5-4-6-9-16/h4-10,12-13,18H,2-3,11,14-15,21H2,1H3,(H,22,23). The topological polar surface area (TPSA) is 89.3 Å². The lowest BCUT2D eigenvalue weighted by Crippen LogP contribution is -2.40. The molecule has 0 aliphatic carbocycles. The Labute approximate surface area is 155 Å². The van der Waals surface area contributed by atoms with Crippen molar-refractivity contribution in [2.75, 3.05) is 6.54 Å². The molecule has 0 bridgehead atoms. The fourth-order valence-corrected chi connectivity index (χ4v) is 4.07. The molecule has 6 heteroatoms. The minimum Gasteiger partial charge on any atom is -0.348 e. The van der Waals surface area contributed by atoms with Gasteiger partial charge in [0.2, 0.25) is 0 Å². The van der Waals surface area contributed by atoms with Crippen molar-refractivity contribution in [3.8, 4) is 0 Å².